The van der Waals surface area contributed by atoms with Gasteiger partial charge in [-0.15, -0.1) is 11.3 Å². The molecule has 0 saturated carbocycles. The van der Waals surface area contributed by atoms with E-state index in [-0.39, 0.29) is 11.4 Å². The summed E-state index contributed by atoms with van der Waals surface area (Å²) in [5.41, 5.74) is 10.4. The molecular formula is C25H25N3O2S. The van der Waals surface area contributed by atoms with Gasteiger partial charge in [-0.1, -0.05) is 42.5 Å². The maximum Gasteiger partial charge on any atom is 0.263 e. The van der Waals surface area contributed by atoms with Crippen molar-refractivity contribution in [2.45, 2.75) is 26.3 Å². The molecule has 0 unspecified atom stereocenters. The summed E-state index contributed by atoms with van der Waals surface area (Å²) in [6, 6.07) is 19.9. The lowest BCUT2D eigenvalue weighted by atomic mass is 9.99. The number of hydrogen-bond acceptors (Lipinski definition) is 5. The van der Waals surface area contributed by atoms with Crippen LogP contribution in [0.3, 0.4) is 0 Å². The second-order valence-corrected chi connectivity index (χ2v) is 9.38. The van der Waals surface area contributed by atoms with E-state index in [1.54, 1.807) is 7.11 Å². The first kappa shape index (κ1) is 20.9. The van der Waals surface area contributed by atoms with Crippen LogP contribution in [0.4, 0.5) is 5.69 Å². The van der Waals surface area contributed by atoms with Crippen molar-refractivity contribution >= 4 is 33.1 Å². The van der Waals surface area contributed by atoms with E-state index < -0.39 is 0 Å². The van der Waals surface area contributed by atoms with Crippen LogP contribution in [0.25, 0.3) is 32.6 Å². The smallest absolute Gasteiger partial charge is 0.263 e. The number of carbonyl (C=O) groups is 1. The van der Waals surface area contributed by atoms with Crippen molar-refractivity contribution in [3.8, 4) is 28.1 Å². The van der Waals surface area contributed by atoms with Crippen molar-refractivity contribution in [3.05, 3.63) is 65.5 Å². The lowest BCUT2D eigenvalue weighted by Crippen LogP contribution is -2.40. The van der Waals surface area contributed by atoms with Crippen LogP contribution >= 0.6 is 11.3 Å². The zero-order valence-corrected chi connectivity index (χ0v) is 18.8. The number of carbonyl (C=O) groups excluding carboxylic acids is 1. The second kappa shape index (κ2) is 8.04. The number of benzene rings is 2. The zero-order chi connectivity index (χ0) is 22.2. The second-order valence-electron chi connectivity index (χ2n) is 8.38. The molecule has 1 amide bonds. The fourth-order valence-electron chi connectivity index (χ4n) is 3.44. The number of hydrogen-bond donors (Lipinski definition) is 2. The minimum absolute atomic E-state index is 0.185. The van der Waals surface area contributed by atoms with Gasteiger partial charge in [0, 0.05) is 16.5 Å². The summed E-state index contributed by atoms with van der Waals surface area (Å²) < 4.78 is 5.30. The molecule has 31 heavy (non-hydrogen) atoms. The fourth-order valence-corrected chi connectivity index (χ4v) is 4.46. The summed E-state index contributed by atoms with van der Waals surface area (Å²) in [4.78, 5) is 19.0. The average molecular weight is 432 g/mol. The van der Waals surface area contributed by atoms with Gasteiger partial charge in [0.1, 0.15) is 15.5 Å². The molecule has 0 aliphatic carbocycles. The third-order valence-electron chi connectivity index (χ3n) is 4.86. The molecule has 2 aromatic heterocycles. The number of fused-ring (bicyclic) bond motifs is 1. The summed E-state index contributed by atoms with van der Waals surface area (Å²) in [6.07, 6.45) is 0. The number of methoxy groups -OCH3 is 1. The number of rotatable bonds is 4. The van der Waals surface area contributed by atoms with Gasteiger partial charge in [-0.3, -0.25) is 4.79 Å². The van der Waals surface area contributed by atoms with Crippen LogP contribution in [0.15, 0.2) is 60.7 Å². The quantitative estimate of drug-likeness (QED) is 0.431. The Morgan fingerprint density at radius 3 is 2.32 bits per heavy atom. The highest BCUT2D eigenvalue weighted by Gasteiger charge is 2.24. The molecule has 2 heterocycles. The van der Waals surface area contributed by atoms with E-state index in [0.717, 1.165) is 38.4 Å². The monoisotopic (exact) mass is 431 g/mol. The number of aromatic nitrogens is 1. The maximum absolute atomic E-state index is 12.9. The van der Waals surface area contributed by atoms with Gasteiger partial charge >= 0.3 is 0 Å². The molecule has 0 atom stereocenters. The van der Waals surface area contributed by atoms with E-state index in [4.69, 9.17) is 15.5 Å². The van der Waals surface area contributed by atoms with Crippen molar-refractivity contribution in [3.63, 3.8) is 0 Å². The zero-order valence-electron chi connectivity index (χ0n) is 18.0. The molecule has 0 radical (unpaired) electrons. The minimum atomic E-state index is -0.360. The Balaban J connectivity index is 1.94. The van der Waals surface area contributed by atoms with E-state index in [0.29, 0.717) is 10.6 Å². The van der Waals surface area contributed by atoms with Crippen LogP contribution in [0, 0.1) is 0 Å². The Labute approximate surface area is 185 Å². The molecule has 4 aromatic rings. The van der Waals surface area contributed by atoms with Gasteiger partial charge < -0.3 is 15.8 Å². The number of nitrogens with two attached hydrogens (primary N) is 1. The highest BCUT2D eigenvalue weighted by Crippen LogP contribution is 2.41. The Bertz CT molecular complexity index is 1240. The van der Waals surface area contributed by atoms with Gasteiger partial charge in [-0.25, -0.2) is 4.98 Å². The molecule has 158 valence electrons. The van der Waals surface area contributed by atoms with Gasteiger partial charge in [0.25, 0.3) is 5.91 Å². The number of nitrogens with one attached hydrogen (secondary N) is 1. The fraction of sp³-hybridized carbons (Fsp3) is 0.200. The van der Waals surface area contributed by atoms with E-state index in [9.17, 15) is 4.79 Å². The largest absolute Gasteiger partial charge is 0.497 e. The van der Waals surface area contributed by atoms with E-state index in [2.05, 4.69) is 5.32 Å². The topological polar surface area (TPSA) is 77.2 Å². The van der Waals surface area contributed by atoms with Crippen LogP contribution in [0.1, 0.15) is 30.4 Å². The van der Waals surface area contributed by atoms with Gasteiger partial charge in [-0.2, -0.15) is 0 Å². The Hall–Kier alpha value is -3.38. The Kier molecular flexibility index (Phi) is 5.41. The Morgan fingerprint density at radius 1 is 1.03 bits per heavy atom. The number of amides is 1. The maximum atomic E-state index is 12.9. The lowest BCUT2D eigenvalue weighted by molar-refractivity contribution is 0.0924. The lowest BCUT2D eigenvalue weighted by Gasteiger charge is -2.20. The van der Waals surface area contributed by atoms with Gasteiger partial charge in [0.15, 0.2) is 0 Å². The average Bonchev–Trinajstić information content (AvgIpc) is 3.09. The normalized spacial score (nSPS) is 11.5. The van der Waals surface area contributed by atoms with Crippen molar-refractivity contribution in [2.24, 2.45) is 0 Å². The molecule has 3 N–H and O–H groups in total. The van der Waals surface area contributed by atoms with E-state index >= 15 is 0 Å². The predicted molar refractivity (Wildman–Crippen MR) is 129 cm³/mol. The molecule has 0 fully saturated rings. The predicted octanol–water partition coefficient (Wildman–Crippen LogP) is 5.75. The Morgan fingerprint density at radius 2 is 1.71 bits per heavy atom. The third-order valence-corrected chi connectivity index (χ3v) is 5.96. The van der Waals surface area contributed by atoms with Crippen molar-refractivity contribution < 1.29 is 9.53 Å². The first-order valence-electron chi connectivity index (χ1n) is 10.0. The molecule has 0 bridgehead atoms. The van der Waals surface area contributed by atoms with Crippen molar-refractivity contribution in [2.75, 3.05) is 12.8 Å². The van der Waals surface area contributed by atoms with Crippen molar-refractivity contribution in [1.29, 1.82) is 0 Å². The summed E-state index contributed by atoms with van der Waals surface area (Å²) in [7, 11) is 1.64. The van der Waals surface area contributed by atoms with Crippen LogP contribution in [-0.4, -0.2) is 23.5 Å². The summed E-state index contributed by atoms with van der Waals surface area (Å²) in [6.45, 7) is 5.84. The number of nitrogen functional groups attached to an aromatic ring is 1. The minimum Gasteiger partial charge on any atom is -0.497 e. The number of anilines is 1. The molecule has 6 heteroatoms. The SMILES string of the molecule is COc1ccc(-c2cc(-c3ccccc3)nc3sc(C(=O)NC(C)(C)C)c(N)c23)cc1. The third kappa shape index (κ3) is 4.25. The molecule has 0 spiro atoms. The first-order valence-corrected chi connectivity index (χ1v) is 10.8. The molecule has 0 aliphatic heterocycles. The standard InChI is InChI=1S/C25H25N3O2S/c1-25(2,3)28-23(29)22-21(26)20-18(15-10-12-17(30-4)13-11-15)14-19(27-24(20)31-22)16-8-6-5-7-9-16/h5-14H,26H2,1-4H3,(H,28,29). The van der Waals surface area contributed by atoms with Crippen LogP contribution in [-0.2, 0) is 0 Å². The van der Waals surface area contributed by atoms with Gasteiger partial charge in [0.2, 0.25) is 0 Å². The summed E-state index contributed by atoms with van der Waals surface area (Å²) in [5, 5.41) is 3.80. The molecule has 2 aromatic carbocycles. The summed E-state index contributed by atoms with van der Waals surface area (Å²) in [5.74, 6) is 0.593. The molecular weight excluding hydrogens is 406 g/mol. The van der Waals surface area contributed by atoms with E-state index in [1.807, 2.05) is 81.4 Å². The molecule has 4 rings (SSSR count). The van der Waals surface area contributed by atoms with Crippen LogP contribution in [0.2, 0.25) is 0 Å². The first-order chi connectivity index (χ1) is 14.8. The highest BCUT2D eigenvalue weighted by atomic mass is 32.1. The molecule has 0 aliphatic rings. The number of thiophene rings is 1. The van der Waals surface area contributed by atoms with E-state index in [1.165, 1.54) is 11.3 Å². The highest BCUT2D eigenvalue weighted by molar-refractivity contribution is 7.21. The molecule has 5 nitrogen and oxygen atoms in total. The van der Waals surface area contributed by atoms with Gasteiger partial charge in [-0.05, 0) is 50.1 Å². The number of ether oxygens (including phenoxy) is 1. The summed E-state index contributed by atoms with van der Waals surface area (Å²) >= 11 is 1.33. The molecule has 0 saturated heterocycles. The number of nitrogens with zero attached hydrogens (tertiary/aromatic N) is 1. The van der Waals surface area contributed by atoms with Gasteiger partial charge in [0.05, 0.1) is 18.5 Å². The van der Waals surface area contributed by atoms with Crippen LogP contribution in [0.5, 0.6) is 5.75 Å². The van der Waals surface area contributed by atoms with Crippen LogP contribution < -0.4 is 15.8 Å². The van der Waals surface area contributed by atoms with Crippen molar-refractivity contribution in [1.82, 2.24) is 10.3 Å². The number of pyridine rings is 1.